The lowest BCUT2D eigenvalue weighted by atomic mass is 9.64. The van der Waals surface area contributed by atoms with Crippen molar-refractivity contribution >= 4 is 16.9 Å². The molecule has 0 amide bonds. The summed E-state index contributed by atoms with van der Waals surface area (Å²) in [6.07, 6.45) is 5.49. The Bertz CT molecular complexity index is 915. The number of nitrogens with zero attached hydrogens (tertiary/aromatic N) is 1. The van der Waals surface area contributed by atoms with Crippen LogP contribution in [-0.4, -0.2) is 53.3 Å². The van der Waals surface area contributed by atoms with Gasteiger partial charge in [0.15, 0.2) is 0 Å². The number of aliphatic carboxylic acids is 1. The summed E-state index contributed by atoms with van der Waals surface area (Å²) in [4.78, 5) is 18.7. The summed E-state index contributed by atoms with van der Waals surface area (Å²) < 4.78 is 5.74. The van der Waals surface area contributed by atoms with Crippen LogP contribution >= 0.6 is 0 Å². The third kappa shape index (κ3) is 1.96. The van der Waals surface area contributed by atoms with Crippen molar-refractivity contribution in [3.8, 4) is 0 Å². The average molecular weight is 352 g/mol. The number of methoxy groups -OCH3 is 1. The number of benzene rings is 1. The minimum Gasteiger partial charge on any atom is -0.480 e. The van der Waals surface area contributed by atoms with Crippen LogP contribution in [0.5, 0.6) is 0 Å². The van der Waals surface area contributed by atoms with Gasteiger partial charge in [-0.15, -0.1) is 0 Å². The Morgan fingerprint density at radius 2 is 2.19 bits per heavy atom. The molecule has 1 aliphatic carbocycles. The van der Waals surface area contributed by atoms with Crippen molar-refractivity contribution < 1.29 is 14.6 Å². The zero-order valence-corrected chi connectivity index (χ0v) is 15.0. The minimum absolute atomic E-state index is 0.0289. The van der Waals surface area contributed by atoms with Gasteiger partial charge in [0, 0.05) is 36.8 Å². The van der Waals surface area contributed by atoms with Crippen LogP contribution < -0.4 is 0 Å². The molecule has 5 heteroatoms. The highest BCUT2D eigenvalue weighted by Crippen LogP contribution is 2.49. The Hall–Kier alpha value is -2.11. The summed E-state index contributed by atoms with van der Waals surface area (Å²) in [6, 6.07) is 8.08. The average Bonchev–Trinajstić information content (AvgIpc) is 2.97. The molecule has 5 nitrogen and oxygen atoms in total. The second-order valence-electron chi connectivity index (χ2n) is 7.74. The number of H-pyrrole nitrogens is 1. The predicted molar refractivity (Wildman–Crippen MR) is 99.4 cm³/mol. The van der Waals surface area contributed by atoms with Crippen LogP contribution in [0.25, 0.3) is 10.9 Å². The van der Waals surface area contributed by atoms with Crippen molar-refractivity contribution in [3.63, 3.8) is 0 Å². The Morgan fingerprint density at radius 3 is 3.00 bits per heavy atom. The first-order chi connectivity index (χ1) is 12.7. The third-order valence-corrected chi connectivity index (χ3v) is 6.69. The van der Waals surface area contributed by atoms with E-state index in [9.17, 15) is 9.90 Å². The van der Waals surface area contributed by atoms with Gasteiger partial charge in [0.05, 0.1) is 12.1 Å². The van der Waals surface area contributed by atoms with Crippen molar-refractivity contribution in [2.75, 3.05) is 20.2 Å². The monoisotopic (exact) mass is 352 g/mol. The third-order valence-electron chi connectivity index (χ3n) is 6.69. The normalized spacial score (nSPS) is 31.0. The zero-order chi connectivity index (χ0) is 17.9. The molecule has 5 rings (SSSR count). The van der Waals surface area contributed by atoms with Gasteiger partial charge >= 0.3 is 5.97 Å². The van der Waals surface area contributed by atoms with Crippen LogP contribution in [0.3, 0.4) is 0 Å². The molecule has 2 aromatic rings. The fourth-order valence-corrected chi connectivity index (χ4v) is 5.59. The van der Waals surface area contributed by atoms with E-state index in [1.807, 2.05) is 12.1 Å². The molecule has 1 aromatic heterocycles. The molecule has 1 saturated heterocycles. The second kappa shape index (κ2) is 5.69. The van der Waals surface area contributed by atoms with E-state index < -0.39 is 11.4 Å². The minimum atomic E-state index is -0.924. The molecule has 0 radical (unpaired) electrons. The Morgan fingerprint density at radius 1 is 1.35 bits per heavy atom. The number of carbonyl (C=O) groups is 1. The Balaban J connectivity index is 1.79. The van der Waals surface area contributed by atoms with Gasteiger partial charge in [-0.1, -0.05) is 24.3 Å². The van der Waals surface area contributed by atoms with Gasteiger partial charge in [-0.2, -0.15) is 0 Å². The fourth-order valence-electron chi connectivity index (χ4n) is 5.59. The highest BCUT2D eigenvalue weighted by Gasteiger charge is 2.57. The largest absolute Gasteiger partial charge is 0.480 e. The number of carboxylic acid groups (broad SMARTS) is 1. The van der Waals surface area contributed by atoms with Crippen molar-refractivity contribution in [3.05, 3.63) is 47.2 Å². The van der Waals surface area contributed by atoms with Gasteiger partial charge in [0.2, 0.25) is 0 Å². The van der Waals surface area contributed by atoms with E-state index >= 15 is 0 Å². The van der Waals surface area contributed by atoms with Gasteiger partial charge in [-0.3, -0.25) is 9.69 Å². The maximum atomic E-state index is 12.8. The van der Waals surface area contributed by atoms with Gasteiger partial charge < -0.3 is 14.8 Å². The van der Waals surface area contributed by atoms with E-state index in [1.54, 1.807) is 7.11 Å². The van der Waals surface area contributed by atoms with Gasteiger partial charge in [-0.25, -0.2) is 0 Å². The highest BCUT2D eigenvalue weighted by molar-refractivity contribution is 5.91. The quantitative estimate of drug-likeness (QED) is 0.816. The molecule has 0 unspecified atom stereocenters. The van der Waals surface area contributed by atoms with Crippen LogP contribution in [0.15, 0.2) is 35.9 Å². The number of fused-ring (bicyclic) bond motifs is 4. The first kappa shape index (κ1) is 16.1. The summed E-state index contributed by atoms with van der Waals surface area (Å²) in [5.41, 5.74) is 3.39. The van der Waals surface area contributed by atoms with E-state index in [2.05, 4.69) is 28.1 Å². The number of aromatic nitrogens is 1. The molecule has 1 fully saturated rings. The zero-order valence-electron chi connectivity index (χ0n) is 15.0. The van der Waals surface area contributed by atoms with E-state index in [0.717, 1.165) is 43.6 Å². The van der Waals surface area contributed by atoms with Crippen molar-refractivity contribution in [2.45, 2.75) is 43.2 Å². The molecule has 26 heavy (non-hydrogen) atoms. The second-order valence-corrected chi connectivity index (χ2v) is 7.74. The Labute approximate surface area is 152 Å². The fraction of sp³-hybridized carbons (Fsp3) is 0.476. The predicted octanol–water partition coefficient (Wildman–Crippen LogP) is 2.86. The molecule has 0 spiro atoms. The molecular formula is C21H24N2O3. The molecular weight excluding hydrogens is 328 g/mol. The van der Waals surface area contributed by atoms with Crippen LogP contribution in [0.2, 0.25) is 0 Å². The molecule has 3 heterocycles. The van der Waals surface area contributed by atoms with E-state index in [0.29, 0.717) is 6.42 Å². The van der Waals surface area contributed by atoms with Crippen molar-refractivity contribution in [1.29, 1.82) is 0 Å². The van der Waals surface area contributed by atoms with Crippen LogP contribution in [0.1, 0.15) is 30.5 Å². The number of para-hydroxylation sites is 1. The lowest BCUT2D eigenvalue weighted by Crippen LogP contribution is -2.61. The number of carboxylic acids is 1. The number of nitrogens with one attached hydrogen (secondary N) is 1. The summed E-state index contributed by atoms with van der Waals surface area (Å²) >= 11 is 0. The van der Waals surface area contributed by atoms with E-state index in [1.165, 1.54) is 16.5 Å². The molecule has 0 bridgehead atoms. The first-order valence-corrected chi connectivity index (χ1v) is 9.47. The summed E-state index contributed by atoms with van der Waals surface area (Å²) in [5, 5.41) is 11.7. The summed E-state index contributed by atoms with van der Waals surface area (Å²) in [7, 11) is 1.74. The summed E-state index contributed by atoms with van der Waals surface area (Å²) in [6.45, 7) is 1.78. The van der Waals surface area contributed by atoms with Gasteiger partial charge in [0.1, 0.15) is 5.41 Å². The van der Waals surface area contributed by atoms with Crippen molar-refractivity contribution in [1.82, 2.24) is 9.88 Å². The van der Waals surface area contributed by atoms with Gasteiger partial charge in [-0.05, 0) is 42.9 Å². The Kier molecular flexibility index (Phi) is 3.52. The number of hydrogen-bond donors (Lipinski definition) is 2. The number of ether oxygens (including phenoxy) is 1. The van der Waals surface area contributed by atoms with Crippen LogP contribution in [0.4, 0.5) is 0 Å². The lowest BCUT2D eigenvalue weighted by Gasteiger charge is -2.50. The first-order valence-electron chi connectivity index (χ1n) is 9.47. The molecule has 1 aromatic carbocycles. The number of aromatic amines is 1. The summed E-state index contributed by atoms with van der Waals surface area (Å²) in [5.74, 6) is -0.718. The van der Waals surface area contributed by atoms with Crippen molar-refractivity contribution in [2.24, 2.45) is 0 Å². The van der Waals surface area contributed by atoms with E-state index in [4.69, 9.17) is 4.74 Å². The van der Waals surface area contributed by atoms with Crippen LogP contribution in [-0.2, 0) is 21.4 Å². The van der Waals surface area contributed by atoms with Gasteiger partial charge in [0.25, 0.3) is 0 Å². The maximum absolute atomic E-state index is 12.8. The number of piperidine rings is 1. The lowest BCUT2D eigenvalue weighted by molar-refractivity contribution is -0.148. The molecule has 2 aliphatic heterocycles. The SMILES string of the molecule is CO[C@H]1CCN2CCc3c([nH]c4ccccc34)[C@@]3(C(=O)O)CCC=C1[C@H]23. The topological polar surface area (TPSA) is 65.6 Å². The maximum Gasteiger partial charge on any atom is 0.317 e. The molecule has 3 atom stereocenters. The number of rotatable bonds is 2. The number of allylic oxidation sites excluding steroid dienone is 1. The van der Waals surface area contributed by atoms with Crippen LogP contribution in [0, 0.1) is 0 Å². The number of hydrogen-bond acceptors (Lipinski definition) is 3. The molecule has 3 aliphatic rings. The van der Waals surface area contributed by atoms with E-state index in [-0.39, 0.29) is 12.1 Å². The molecule has 2 N–H and O–H groups in total. The molecule has 136 valence electrons. The highest BCUT2D eigenvalue weighted by atomic mass is 16.5. The molecule has 0 saturated carbocycles. The standard InChI is InChI=1S/C21H24N2O3/c1-26-17-9-12-23-11-8-14-13-5-2-3-7-16(13)22-18(14)21(20(24)25)10-4-6-15(17)19(21)23/h2-3,5-7,17,19,22H,4,8-12H2,1H3,(H,24,25)/t17-,19-,21-/m0/s1. The smallest absolute Gasteiger partial charge is 0.317 e.